The molecule has 1 aliphatic heterocycles. The number of unbranched alkanes of at least 4 members (excludes halogenated alkanes) is 1. The number of aryl methyl sites for hydroxylation is 2. The van der Waals surface area contributed by atoms with E-state index in [0.717, 1.165) is 30.4 Å². The third kappa shape index (κ3) is 6.34. The molecule has 0 aromatic heterocycles. The quantitative estimate of drug-likeness (QED) is 0.515. The first kappa shape index (κ1) is 24.3. The molecule has 0 radical (unpaired) electrons. The topological polar surface area (TPSA) is 104 Å². The first-order valence-corrected chi connectivity index (χ1v) is 13.2. The molecule has 1 heterocycles. The number of carbonyl (C=O) groups excluding carboxylic acids is 2. The van der Waals surface area contributed by atoms with Gasteiger partial charge in [0.05, 0.1) is 10.6 Å². The minimum Gasteiger partial charge on any atom is -0.331 e. The molecule has 2 aromatic rings. The summed E-state index contributed by atoms with van der Waals surface area (Å²) in [5.41, 5.74) is 2.30. The molecule has 0 aliphatic carbocycles. The average molecular weight is 476 g/mol. The van der Waals surface area contributed by atoms with Crippen molar-refractivity contribution in [3.05, 3.63) is 59.7 Å². The van der Waals surface area contributed by atoms with Gasteiger partial charge in [-0.05, 0) is 55.2 Å². The lowest BCUT2D eigenvalue weighted by atomic mass is 10.1. The maximum atomic E-state index is 13.0. The SMILES string of the molecule is CCCCc1ccc(S(=O)(=O)C2CNC(SCC(=O)Nc3cccc(C)c3)NC2=O)cc1. The largest absolute Gasteiger partial charge is 0.331 e. The smallest absolute Gasteiger partial charge is 0.241 e. The second-order valence-corrected chi connectivity index (χ2v) is 11.0. The monoisotopic (exact) mass is 475 g/mol. The highest BCUT2D eigenvalue weighted by molar-refractivity contribution is 8.00. The van der Waals surface area contributed by atoms with E-state index < -0.39 is 26.5 Å². The highest BCUT2D eigenvalue weighted by Gasteiger charge is 2.38. The molecular formula is C23H29N3O4S2. The molecule has 0 spiro atoms. The van der Waals surface area contributed by atoms with Crippen LogP contribution in [-0.4, -0.2) is 43.3 Å². The third-order valence-corrected chi connectivity index (χ3v) is 8.29. The van der Waals surface area contributed by atoms with Crippen molar-refractivity contribution < 1.29 is 18.0 Å². The Hall–Kier alpha value is -2.36. The predicted octanol–water partition coefficient (Wildman–Crippen LogP) is 2.85. The molecule has 2 aromatic carbocycles. The van der Waals surface area contributed by atoms with Crippen molar-refractivity contribution in [1.82, 2.24) is 10.6 Å². The molecule has 1 fully saturated rings. The van der Waals surface area contributed by atoms with E-state index >= 15 is 0 Å². The minimum atomic E-state index is -3.81. The summed E-state index contributed by atoms with van der Waals surface area (Å²) in [5, 5.41) is 7.28. The van der Waals surface area contributed by atoms with Gasteiger partial charge in [0.25, 0.3) is 0 Å². The second kappa shape index (κ2) is 11.0. The molecule has 0 saturated carbocycles. The van der Waals surface area contributed by atoms with Crippen molar-refractivity contribution in [1.29, 1.82) is 0 Å². The molecule has 1 aliphatic rings. The molecule has 172 valence electrons. The van der Waals surface area contributed by atoms with Crippen molar-refractivity contribution in [3.63, 3.8) is 0 Å². The maximum absolute atomic E-state index is 13.0. The average Bonchev–Trinajstić information content (AvgIpc) is 2.76. The van der Waals surface area contributed by atoms with Crippen LogP contribution in [0.25, 0.3) is 0 Å². The summed E-state index contributed by atoms with van der Waals surface area (Å²) in [7, 11) is -3.81. The summed E-state index contributed by atoms with van der Waals surface area (Å²) < 4.78 is 25.9. The number of anilines is 1. The van der Waals surface area contributed by atoms with Crippen LogP contribution in [0.5, 0.6) is 0 Å². The van der Waals surface area contributed by atoms with Gasteiger partial charge in [0.15, 0.2) is 15.1 Å². The van der Waals surface area contributed by atoms with Gasteiger partial charge in [0.2, 0.25) is 11.8 Å². The van der Waals surface area contributed by atoms with Crippen LogP contribution in [0.4, 0.5) is 5.69 Å². The lowest BCUT2D eigenvalue weighted by Gasteiger charge is -2.29. The zero-order chi connectivity index (χ0) is 23.1. The predicted molar refractivity (Wildman–Crippen MR) is 128 cm³/mol. The Labute approximate surface area is 193 Å². The fourth-order valence-corrected chi connectivity index (χ4v) is 5.71. The van der Waals surface area contributed by atoms with Crippen LogP contribution >= 0.6 is 11.8 Å². The Morgan fingerprint density at radius 1 is 1.19 bits per heavy atom. The van der Waals surface area contributed by atoms with Crippen molar-refractivity contribution in [2.45, 2.75) is 48.8 Å². The first-order chi connectivity index (χ1) is 15.3. The third-order valence-electron chi connectivity index (χ3n) is 5.18. The number of carbonyl (C=O) groups is 2. The number of nitrogens with one attached hydrogen (secondary N) is 3. The number of hydrogen-bond acceptors (Lipinski definition) is 6. The maximum Gasteiger partial charge on any atom is 0.241 e. The molecule has 3 N–H and O–H groups in total. The molecule has 2 unspecified atom stereocenters. The first-order valence-electron chi connectivity index (χ1n) is 10.6. The standard InChI is InChI=1S/C23H29N3O4S2/c1-3-4-7-17-9-11-19(12-10-17)32(29,30)20-14-24-23(26-22(20)28)31-15-21(27)25-18-8-5-6-16(2)13-18/h5-6,8-13,20,23-24H,3-4,7,14-15H2,1-2H3,(H,25,27)(H,26,28). The van der Waals surface area contributed by atoms with Crippen LogP contribution in [-0.2, 0) is 25.8 Å². The molecule has 2 amide bonds. The van der Waals surface area contributed by atoms with Gasteiger partial charge in [0.1, 0.15) is 5.50 Å². The number of rotatable bonds is 9. The van der Waals surface area contributed by atoms with Crippen molar-refractivity contribution >= 4 is 39.1 Å². The van der Waals surface area contributed by atoms with Crippen LogP contribution in [0, 0.1) is 6.92 Å². The van der Waals surface area contributed by atoms with Gasteiger partial charge < -0.3 is 10.6 Å². The Balaban J connectivity index is 1.53. The van der Waals surface area contributed by atoms with Crippen LogP contribution < -0.4 is 16.0 Å². The van der Waals surface area contributed by atoms with E-state index in [-0.39, 0.29) is 23.1 Å². The van der Waals surface area contributed by atoms with Gasteiger partial charge in [-0.3, -0.25) is 14.9 Å². The van der Waals surface area contributed by atoms with Gasteiger partial charge >= 0.3 is 0 Å². The zero-order valence-corrected chi connectivity index (χ0v) is 19.9. The number of thioether (sulfide) groups is 1. The normalized spacial score (nSPS) is 18.8. The molecule has 0 bridgehead atoms. The molecule has 3 rings (SSSR count). The Morgan fingerprint density at radius 2 is 1.94 bits per heavy atom. The van der Waals surface area contributed by atoms with E-state index in [1.54, 1.807) is 12.1 Å². The van der Waals surface area contributed by atoms with Crippen LogP contribution in [0.1, 0.15) is 30.9 Å². The van der Waals surface area contributed by atoms with Crippen LogP contribution in [0.2, 0.25) is 0 Å². The molecule has 7 nitrogen and oxygen atoms in total. The van der Waals surface area contributed by atoms with E-state index in [1.165, 1.54) is 11.8 Å². The fourth-order valence-electron chi connectivity index (χ4n) is 3.40. The number of hydrogen-bond donors (Lipinski definition) is 3. The summed E-state index contributed by atoms with van der Waals surface area (Å²) in [6.07, 6.45) is 3.02. The van der Waals surface area contributed by atoms with Crippen molar-refractivity contribution in [3.8, 4) is 0 Å². The highest BCUT2D eigenvalue weighted by Crippen LogP contribution is 2.21. The van der Waals surface area contributed by atoms with E-state index in [9.17, 15) is 18.0 Å². The summed E-state index contributed by atoms with van der Waals surface area (Å²) in [6.45, 7) is 4.04. The molecule has 9 heteroatoms. The number of sulfone groups is 1. The summed E-state index contributed by atoms with van der Waals surface area (Å²) in [5.74, 6) is -0.646. The zero-order valence-electron chi connectivity index (χ0n) is 18.3. The minimum absolute atomic E-state index is 0.0110. The summed E-state index contributed by atoms with van der Waals surface area (Å²) >= 11 is 1.20. The molecule has 1 saturated heterocycles. The van der Waals surface area contributed by atoms with Gasteiger partial charge in [-0.25, -0.2) is 8.42 Å². The van der Waals surface area contributed by atoms with Gasteiger partial charge in [-0.2, -0.15) is 0 Å². The second-order valence-electron chi connectivity index (χ2n) is 7.81. The Kier molecular flexibility index (Phi) is 8.33. The van der Waals surface area contributed by atoms with E-state index in [0.29, 0.717) is 5.69 Å². The number of amides is 2. The summed E-state index contributed by atoms with van der Waals surface area (Å²) in [4.78, 5) is 24.9. The van der Waals surface area contributed by atoms with E-state index in [4.69, 9.17) is 0 Å². The lowest BCUT2D eigenvalue weighted by Crippen LogP contribution is -2.59. The number of benzene rings is 2. The molecule has 32 heavy (non-hydrogen) atoms. The van der Waals surface area contributed by atoms with E-state index in [1.807, 2.05) is 43.3 Å². The van der Waals surface area contributed by atoms with Gasteiger partial charge in [0, 0.05) is 12.2 Å². The van der Waals surface area contributed by atoms with Crippen molar-refractivity contribution in [2.24, 2.45) is 0 Å². The van der Waals surface area contributed by atoms with Crippen molar-refractivity contribution in [2.75, 3.05) is 17.6 Å². The Bertz CT molecular complexity index is 1060. The lowest BCUT2D eigenvalue weighted by molar-refractivity contribution is -0.122. The van der Waals surface area contributed by atoms with Crippen LogP contribution in [0.3, 0.4) is 0 Å². The van der Waals surface area contributed by atoms with E-state index in [2.05, 4.69) is 22.9 Å². The molecular weight excluding hydrogens is 446 g/mol. The highest BCUT2D eigenvalue weighted by atomic mass is 32.2. The van der Waals surface area contributed by atoms with Crippen LogP contribution in [0.15, 0.2) is 53.4 Å². The van der Waals surface area contributed by atoms with Gasteiger partial charge in [-0.15, -0.1) is 11.8 Å². The fraction of sp³-hybridized carbons (Fsp3) is 0.391. The Morgan fingerprint density at radius 3 is 2.59 bits per heavy atom. The molecule has 2 atom stereocenters. The van der Waals surface area contributed by atoms with Gasteiger partial charge in [-0.1, -0.05) is 37.6 Å². The summed E-state index contributed by atoms with van der Waals surface area (Å²) in [6, 6.07) is 14.2.